The average molecular weight is 383 g/mol. The predicted molar refractivity (Wildman–Crippen MR) is 103 cm³/mol. The first kappa shape index (κ1) is 19.9. The van der Waals surface area contributed by atoms with Crippen LogP contribution in [0.2, 0.25) is 0 Å². The highest BCUT2D eigenvalue weighted by Crippen LogP contribution is 2.42. The Bertz CT molecular complexity index is 396. The fourth-order valence-electron chi connectivity index (χ4n) is 1.63. The lowest BCUT2D eigenvalue weighted by atomic mass is 10.2. The molecule has 0 aliphatic carbocycles. The molecular formula is C14H22O4S4. The van der Waals surface area contributed by atoms with E-state index in [1.165, 1.54) is 0 Å². The van der Waals surface area contributed by atoms with Crippen molar-refractivity contribution in [3.05, 3.63) is 12.1 Å². The number of rotatable bonds is 8. The largest absolute Gasteiger partial charge is 0.476 e. The summed E-state index contributed by atoms with van der Waals surface area (Å²) >= 11 is 16.9. The number of hydrogen-bond donors (Lipinski definition) is 4. The molecule has 0 radical (unpaired) electrons. The highest BCUT2D eigenvalue weighted by molar-refractivity contribution is 7.81. The molecule has 0 heterocycles. The van der Waals surface area contributed by atoms with Crippen LogP contribution < -0.4 is 18.9 Å². The van der Waals surface area contributed by atoms with Crippen molar-refractivity contribution < 1.29 is 18.9 Å². The summed E-state index contributed by atoms with van der Waals surface area (Å²) in [6.45, 7) is 7.22. The molecule has 0 N–H and O–H groups in total. The molecule has 0 saturated heterocycles. The van der Waals surface area contributed by atoms with Crippen LogP contribution in [-0.2, 0) is 0 Å². The number of hydrogen-bond acceptors (Lipinski definition) is 8. The Morgan fingerprint density at radius 1 is 0.545 bits per heavy atom. The van der Waals surface area contributed by atoms with E-state index in [0.717, 1.165) is 0 Å². The van der Waals surface area contributed by atoms with E-state index >= 15 is 0 Å². The molecule has 0 amide bonds. The van der Waals surface area contributed by atoms with Crippen LogP contribution in [0.25, 0.3) is 0 Å². The second-order valence-electron chi connectivity index (χ2n) is 4.61. The van der Waals surface area contributed by atoms with E-state index < -0.39 is 0 Å². The lowest BCUT2D eigenvalue weighted by Crippen LogP contribution is -2.12. The van der Waals surface area contributed by atoms with Crippen LogP contribution >= 0.6 is 50.5 Å². The molecule has 1 aromatic rings. The van der Waals surface area contributed by atoms with Crippen molar-refractivity contribution in [3.63, 3.8) is 0 Å². The normalized spacial score (nSPS) is 16.4. The van der Waals surface area contributed by atoms with Crippen LogP contribution in [-0.4, -0.2) is 21.7 Å². The minimum Gasteiger partial charge on any atom is -0.476 e. The van der Waals surface area contributed by atoms with Gasteiger partial charge in [0.25, 0.3) is 0 Å². The van der Waals surface area contributed by atoms with Gasteiger partial charge in [0, 0.05) is 12.1 Å². The summed E-state index contributed by atoms with van der Waals surface area (Å²) in [7, 11) is 0. The van der Waals surface area contributed by atoms with Gasteiger partial charge in [0.15, 0.2) is 23.0 Å². The zero-order chi connectivity index (χ0) is 16.9. The predicted octanol–water partition coefficient (Wildman–Crippen LogP) is 4.31. The zero-order valence-corrected chi connectivity index (χ0v) is 16.5. The maximum absolute atomic E-state index is 5.65. The molecule has 22 heavy (non-hydrogen) atoms. The lowest BCUT2D eigenvalue weighted by molar-refractivity contribution is 0.239. The monoisotopic (exact) mass is 382 g/mol. The molecule has 4 atom stereocenters. The summed E-state index contributed by atoms with van der Waals surface area (Å²) in [6, 6.07) is 3.38. The van der Waals surface area contributed by atoms with Gasteiger partial charge in [0.05, 0.1) is 0 Å². The Labute approximate surface area is 153 Å². The van der Waals surface area contributed by atoms with Gasteiger partial charge in [-0.1, -0.05) is 0 Å². The van der Waals surface area contributed by atoms with Crippen molar-refractivity contribution in [2.75, 3.05) is 0 Å². The minimum atomic E-state index is -0.311. The number of ether oxygens (including phenoxy) is 4. The summed E-state index contributed by atoms with van der Waals surface area (Å²) in [4.78, 5) is 0. The molecule has 0 saturated carbocycles. The van der Waals surface area contributed by atoms with Crippen molar-refractivity contribution in [2.45, 2.75) is 49.4 Å². The van der Waals surface area contributed by atoms with Gasteiger partial charge in [-0.2, -0.15) is 0 Å². The van der Waals surface area contributed by atoms with Crippen molar-refractivity contribution in [1.82, 2.24) is 0 Å². The minimum absolute atomic E-state index is 0.311. The van der Waals surface area contributed by atoms with E-state index in [0.29, 0.717) is 23.0 Å². The topological polar surface area (TPSA) is 36.9 Å². The molecule has 0 fully saturated rings. The van der Waals surface area contributed by atoms with Crippen LogP contribution in [0.15, 0.2) is 12.1 Å². The van der Waals surface area contributed by atoms with E-state index in [1.807, 2.05) is 0 Å². The smallest absolute Gasteiger partial charge is 0.166 e. The molecule has 0 aliphatic heterocycles. The summed E-state index contributed by atoms with van der Waals surface area (Å²) in [6.07, 6.45) is 0. The Kier molecular flexibility index (Phi) is 8.31. The second kappa shape index (κ2) is 9.20. The molecule has 8 heteroatoms. The van der Waals surface area contributed by atoms with Crippen LogP contribution in [0.5, 0.6) is 23.0 Å². The number of benzene rings is 1. The second-order valence-corrected chi connectivity index (χ2v) is 7.52. The maximum Gasteiger partial charge on any atom is 0.166 e. The van der Waals surface area contributed by atoms with E-state index in [1.54, 1.807) is 39.8 Å². The third kappa shape index (κ3) is 6.93. The molecule has 0 aromatic heterocycles. The summed E-state index contributed by atoms with van der Waals surface area (Å²) in [5.74, 6) is 1.97. The third-order valence-corrected chi connectivity index (χ3v) is 2.62. The van der Waals surface area contributed by atoms with Gasteiger partial charge in [-0.15, -0.1) is 50.5 Å². The van der Waals surface area contributed by atoms with Gasteiger partial charge in [0.1, 0.15) is 21.7 Å². The highest BCUT2D eigenvalue weighted by Gasteiger charge is 2.18. The van der Waals surface area contributed by atoms with Gasteiger partial charge in [0.2, 0.25) is 0 Å². The van der Waals surface area contributed by atoms with E-state index in [2.05, 4.69) is 50.5 Å². The van der Waals surface area contributed by atoms with Crippen LogP contribution in [0.3, 0.4) is 0 Å². The van der Waals surface area contributed by atoms with E-state index in [4.69, 9.17) is 18.9 Å². The molecular weight excluding hydrogens is 360 g/mol. The lowest BCUT2D eigenvalue weighted by Gasteiger charge is -2.21. The molecule has 0 spiro atoms. The quantitative estimate of drug-likeness (QED) is 0.399. The van der Waals surface area contributed by atoms with Crippen molar-refractivity contribution in [1.29, 1.82) is 0 Å². The van der Waals surface area contributed by atoms with Crippen molar-refractivity contribution >= 4 is 50.5 Å². The molecule has 1 rings (SSSR count). The van der Waals surface area contributed by atoms with Gasteiger partial charge >= 0.3 is 0 Å². The fourth-order valence-corrected chi connectivity index (χ4v) is 2.08. The molecule has 0 bridgehead atoms. The summed E-state index contributed by atoms with van der Waals surface area (Å²) in [5, 5.41) is 0. The fraction of sp³-hybridized carbons (Fsp3) is 0.571. The molecule has 4 unspecified atom stereocenters. The van der Waals surface area contributed by atoms with Crippen LogP contribution in [0, 0.1) is 0 Å². The molecule has 0 aliphatic rings. The van der Waals surface area contributed by atoms with Crippen LogP contribution in [0.4, 0.5) is 0 Å². The average Bonchev–Trinajstić information content (AvgIpc) is 2.31. The standard InChI is InChI=1S/C14H22O4S4/c1-7(19)15-11-5-13(17-9(3)21)14(18-10(4)22)6-12(11)16-8(2)20/h5-10,19-22H,1-4H3. The first-order valence-electron chi connectivity index (χ1n) is 6.76. The highest BCUT2D eigenvalue weighted by atomic mass is 32.1. The van der Waals surface area contributed by atoms with Gasteiger partial charge < -0.3 is 18.9 Å². The zero-order valence-electron chi connectivity index (χ0n) is 12.9. The SMILES string of the molecule is CC(S)Oc1cc(OC(C)S)c(OC(C)S)cc1OC(C)S. The molecule has 1 aromatic carbocycles. The maximum atomic E-state index is 5.65. The van der Waals surface area contributed by atoms with Gasteiger partial charge in [-0.25, -0.2) is 0 Å². The third-order valence-electron chi connectivity index (χ3n) is 2.20. The first-order valence-corrected chi connectivity index (χ1v) is 8.82. The van der Waals surface area contributed by atoms with E-state index in [-0.39, 0.29) is 21.7 Å². The number of thiol groups is 4. The Morgan fingerprint density at radius 2 is 0.727 bits per heavy atom. The molecule has 126 valence electrons. The van der Waals surface area contributed by atoms with Crippen molar-refractivity contribution in [2.24, 2.45) is 0 Å². The first-order chi connectivity index (χ1) is 10.2. The Hall–Kier alpha value is -0.180. The van der Waals surface area contributed by atoms with Gasteiger partial charge in [-0.05, 0) is 27.7 Å². The Morgan fingerprint density at radius 3 is 0.864 bits per heavy atom. The van der Waals surface area contributed by atoms with Crippen molar-refractivity contribution in [3.8, 4) is 23.0 Å². The molecule has 4 nitrogen and oxygen atoms in total. The van der Waals surface area contributed by atoms with Gasteiger partial charge in [-0.3, -0.25) is 0 Å². The summed E-state index contributed by atoms with van der Waals surface area (Å²) in [5.41, 5.74) is -1.24. The van der Waals surface area contributed by atoms with Crippen LogP contribution in [0.1, 0.15) is 27.7 Å². The summed E-state index contributed by atoms with van der Waals surface area (Å²) < 4.78 is 22.6. The van der Waals surface area contributed by atoms with E-state index in [9.17, 15) is 0 Å². The Balaban J connectivity index is 3.27.